The van der Waals surface area contributed by atoms with E-state index in [9.17, 15) is 9.18 Å². The van der Waals surface area contributed by atoms with Crippen molar-refractivity contribution in [2.75, 3.05) is 18.4 Å². The normalized spacial score (nSPS) is 15.0. The second-order valence-electron chi connectivity index (χ2n) is 5.68. The van der Waals surface area contributed by atoms with E-state index in [-0.39, 0.29) is 23.7 Å². The van der Waals surface area contributed by atoms with Crippen LogP contribution in [0.15, 0.2) is 28.8 Å². The number of nitrogens with one attached hydrogen (secondary N) is 1. The first kappa shape index (κ1) is 14.5. The predicted octanol–water partition coefficient (Wildman–Crippen LogP) is 2.96. The van der Waals surface area contributed by atoms with Crippen LogP contribution < -0.4 is 5.32 Å². The van der Waals surface area contributed by atoms with Crippen molar-refractivity contribution in [3.63, 3.8) is 0 Å². The first-order valence-electron chi connectivity index (χ1n) is 7.18. The van der Waals surface area contributed by atoms with Gasteiger partial charge in [-0.15, -0.1) is 0 Å². The van der Waals surface area contributed by atoms with Gasteiger partial charge >= 0.3 is 6.03 Å². The molecule has 7 heteroatoms. The molecular formula is C15H17FN4O2. The molecule has 22 heavy (non-hydrogen) atoms. The number of hydrogen-bond donors (Lipinski definition) is 1. The molecule has 1 aliphatic heterocycles. The molecule has 0 bridgehead atoms. The van der Waals surface area contributed by atoms with Gasteiger partial charge in [0.1, 0.15) is 5.82 Å². The molecule has 1 aliphatic rings. The Balaban J connectivity index is 1.53. The molecule has 0 spiro atoms. The van der Waals surface area contributed by atoms with Crippen molar-refractivity contribution in [1.82, 2.24) is 15.0 Å². The van der Waals surface area contributed by atoms with Crippen LogP contribution in [-0.2, 0) is 0 Å². The van der Waals surface area contributed by atoms with Gasteiger partial charge in [0.25, 0.3) is 0 Å². The number of rotatable bonds is 3. The van der Waals surface area contributed by atoms with E-state index in [2.05, 4.69) is 15.5 Å². The lowest BCUT2D eigenvalue weighted by Crippen LogP contribution is -2.50. The summed E-state index contributed by atoms with van der Waals surface area (Å²) in [5.74, 6) is 1.23. The third kappa shape index (κ3) is 2.93. The highest BCUT2D eigenvalue weighted by Gasteiger charge is 2.35. The smallest absolute Gasteiger partial charge is 0.321 e. The number of anilines is 1. The highest BCUT2D eigenvalue weighted by atomic mass is 19.1. The summed E-state index contributed by atoms with van der Waals surface area (Å²) in [5, 5.41) is 6.64. The molecular weight excluding hydrogens is 287 g/mol. The summed E-state index contributed by atoms with van der Waals surface area (Å²) in [4.78, 5) is 18.0. The number of nitrogens with zero attached hydrogens (tertiary/aromatic N) is 3. The second kappa shape index (κ2) is 5.75. The number of carbonyl (C=O) groups excluding carboxylic acids is 1. The molecule has 2 heterocycles. The quantitative estimate of drug-likeness (QED) is 0.946. The van der Waals surface area contributed by atoms with Crippen LogP contribution in [0.4, 0.5) is 14.9 Å². The molecule has 0 atom stereocenters. The van der Waals surface area contributed by atoms with Crippen LogP contribution in [0.2, 0.25) is 0 Å². The van der Waals surface area contributed by atoms with Crippen molar-refractivity contribution in [3.05, 3.63) is 41.8 Å². The summed E-state index contributed by atoms with van der Waals surface area (Å²) in [5.41, 5.74) is 0.565. The minimum atomic E-state index is -0.334. The Morgan fingerprint density at radius 3 is 2.64 bits per heavy atom. The van der Waals surface area contributed by atoms with Crippen molar-refractivity contribution in [2.45, 2.75) is 25.7 Å². The van der Waals surface area contributed by atoms with Crippen molar-refractivity contribution in [3.8, 4) is 0 Å². The lowest BCUT2D eigenvalue weighted by atomic mass is 10.0. The van der Waals surface area contributed by atoms with Gasteiger partial charge in [-0.2, -0.15) is 4.98 Å². The Labute approximate surface area is 127 Å². The van der Waals surface area contributed by atoms with E-state index in [4.69, 9.17) is 4.52 Å². The number of benzene rings is 1. The largest absolute Gasteiger partial charge is 0.339 e. The van der Waals surface area contributed by atoms with Crippen molar-refractivity contribution in [1.29, 1.82) is 0 Å². The van der Waals surface area contributed by atoms with Gasteiger partial charge in [-0.25, -0.2) is 9.18 Å². The van der Waals surface area contributed by atoms with Crippen molar-refractivity contribution >= 4 is 11.7 Å². The molecule has 116 valence electrons. The molecule has 0 saturated carbocycles. The predicted molar refractivity (Wildman–Crippen MR) is 78.1 cm³/mol. The number of carbonyl (C=O) groups is 1. The number of urea groups is 1. The van der Waals surface area contributed by atoms with Crippen LogP contribution in [0.1, 0.15) is 37.4 Å². The van der Waals surface area contributed by atoms with Crippen LogP contribution in [0.5, 0.6) is 0 Å². The van der Waals surface area contributed by atoms with Gasteiger partial charge in [0.15, 0.2) is 5.82 Å². The van der Waals surface area contributed by atoms with Gasteiger partial charge in [-0.05, 0) is 24.3 Å². The van der Waals surface area contributed by atoms with Gasteiger partial charge in [0.2, 0.25) is 5.89 Å². The first-order chi connectivity index (χ1) is 10.5. The van der Waals surface area contributed by atoms with Gasteiger partial charge < -0.3 is 14.7 Å². The molecule has 1 fully saturated rings. The van der Waals surface area contributed by atoms with E-state index in [1.54, 1.807) is 4.90 Å². The summed E-state index contributed by atoms with van der Waals surface area (Å²) in [6.45, 7) is 5.06. The lowest BCUT2D eigenvalue weighted by Gasteiger charge is -2.36. The number of aromatic nitrogens is 2. The summed E-state index contributed by atoms with van der Waals surface area (Å²) < 4.78 is 18.0. The summed E-state index contributed by atoms with van der Waals surface area (Å²) in [6, 6.07) is 5.45. The van der Waals surface area contributed by atoms with E-state index in [1.165, 1.54) is 24.3 Å². The standard InChI is InChI=1S/C15H17FN4O2/c1-9(2)13-18-14(22-19-13)10-7-20(8-10)15(21)17-12-5-3-11(16)4-6-12/h3-6,9-10H,7-8H2,1-2H3,(H,17,21). The Morgan fingerprint density at radius 1 is 1.36 bits per heavy atom. The van der Waals surface area contributed by atoms with Crippen molar-refractivity contribution < 1.29 is 13.7 Å². The first-order valence-corrected chi connectivity index (χ1v) is 7.18. The lowest BCUT2D eigenvalue weighted by molar-refractivity contribution is 0.147. The maximum absolute atomic E-state index is 12.8. The molecule has 3 rings (SSSR count). The van der Waals surface area contributed by atoms with E-state index in [1.807, 2.05) is 13.8 Å². The number of amides is 2. The Morgan fingerprint density at radius 2 is 2.05 bits per heavy atom. The maximum Gasteiger partial charge on any atom is 0.321 e. The summed E-state index contributed by atoms with van der Waals surface area (Å²) in [7, 11) is 0. The molecule has 0 unspecified atom stereocenters. The zero-order valence-electron chi connectivity index (χ0n) is 12.4. The molecule has 0 aliphatic carbocycles. The minimum Gasteiger partial charge on any atom is -0.339 e. The number of hydrogen-bond acceptors (Lipinski definition) is 4. The SMILES string of the molecule is CC(C)c1noc(C2CN(C(=O)Nc3ccc(F)cc3)C2)n1. The fourth-order valence-corrected chi connectivity index (χ4v) is 2.18. The Hall–Kier alpha value is -2.44. The molecule has 0 radical (unpaired) electrons. The molecule has 2 amide bonds. The number of likely N-dealkylation sites (tertiary alicyclic amines) is 1. The zero-order chi connectivity index (χ0) is 15.7. The van der Waals surface area contributed by atoms with Crippen LogP contribution in [-0.4, -0.2) is 34.2 Å². The maximum atomic E-state index is 12.8. The fraction of sp³-hybridized carbons (Fsp3) is 0.400. The van der Waals surface area contributed by atoms with Gasteiger partial charge in [-0.1, -0.05) is 19.0 Å². The molecule has 1 aromatic heterocycles. The molecule has 1 saturated heterocycles. The van der Waals surface area contributed by atoms with Gasteiger partial charge in [0.05, 0.1) is 5.92 Å². The van der Waals surface area contributed by atoms with Crippen molar-refractivity contribution in [2.24, 2.45) is 0 Å². The third-order valence-electron chi connectivity index (χ3n) is 3.59. The molecule has 1 N–H and O–H groups in total. The van der Waals surface area contributed by atoms with Gasteiger partial charge in [-0.3, -0.25) is 0 Å². The zero-order valence-corrected chi connectivity index (χ0v) is 12.4. The van der Waals surface area contributed by atoms with Crippen LogP contribution in [0.25, 0.3) is 0 Å². The summed E-state index contributed by atoms with van der Waals surface area (Å²) >= 11 is 0. The average Bonchev–Trinajstić information content (AvgIpc) is 2.89. The minimum absolute atomic E-state index is 0.0824. The van der Waals surface area contributed by atoms with Crippen LogP contribution >= 0.6 is 0 Å². The monoisotopic (exact) mass is 304 g/mol. The third-order valence-corrected chi connectivity index (χ3v) is 3.59. The highest BCUT2D eigenvalue weighted by molar-refractivity contribution is 5.89. The Kier molecular flexibility index (Phi) is 3.79. The average molecular weight is 304 g/mol. The van der Waals surface area contributed by atoms with Crippen LogP contribution in [0, 0.1) is 5.82 Å². The summed E-state index contributed by atoms with van der Waals surface area (Å²) in [6.07, 6.45) is 0. The van der Waals surface area contributed by atoms with E-state index in [0.29, 0.717) is 30.5 Å². The van der Waals surface area contributed by atoms with E-state index in [0.717, 1.165) is 0 Å². The van der Waals surface area contributed by atoms with E-state index < -0.39 is 0 Å². The second-order valence-corrected chi connectivity index (χ2v) is 5.68. The fourth-order valence-electron chi connectivity index (χ4n) is 2.18. The van der Waals surface area contributed by atoms with Gasteiger partial charge in [0, 0.05) is 24.7 Å². The topological polar surface area (TPSA) is 71.3 Å². The molecule has 2 aromatic rings. The highest BCUT2D eigenvalue weighted by Crippen LogP contribution is 2.27. The van der Waals surface area contributed by atoms with Crippen LogP contribution in [0.3, 0.4) is 0 Å². The molecule has 6 nitrogen and oxygen atoms in total. The van der Waals surface area contributed by atoms with E-state index >= 15 is 0 Å². The Bertz CT molecular complexity index is 662. The molecule has 1 aromatic carbocycles. The number of halogens is 1.